The number of ether oxygens (including phenoxy) is 1. The molecule has 1 aliphatic rings. The van der Waals surface area contributed by atoms with Crippen LogP contribution in [0.15, 0.2) is 62.2 Å². The number of anilines is 2. The molecule has 2 aromatic carbocycles. The summed E-state index contributed by atoms with van der Waals surface area (Å²) in [7, 11) is 1.60. The Morgan fingerprint density at radius 3 is 2.59 bits per heavy atom. The highest BCUT2D eigenvalue weighted by atomic mass is 79.9. The fourth-order valence-corrected chi connectivity index (χ4v) is 4.47. The van der Waals surface area contributed by atoms with Gasteiger partial charge in [-0.05, 0) is 65.2 Å². The lowest BCUT2D eigenvalue weighted by Crippen LogP contribution is -2.24. The van der Waals surface area contributed by atoms with Gasteiger partial charge in [0.05, 0.1) is 22.7 Å². The molecule has 8 heteroatoms. The van der Waals surface area contributed by atoms with Crippen LogP contribution in [0.2, 0.25) is 0 Å². The number of aromatic amines is 1. The molecule has 0 saturated heterocycles. The highest BCUT2D eigenvalue weighted by molar-refractivity contribution is 9.10. The van der Waals surface area contributed by atoms with E-state index in [0.717, 1.165) is 29.8 Å². The number of nitrogens with zero attached hydrogens (tertiary/aromatic N) is 2. The van der Waals surface area contributed by atoms with Crippen LogP contribution in [0, 0.1) is 0 Å². The Kier molecular flexibility index (Phi) is 5.09. The summed E-state index contributed by atoms with van der Waals surface area (Å²) >= 11 is 3.54. The van der Waals surface area contributed by atoms with Gasteiger partial charge in [0, 0.05) is 36.2 Å². The second-order valence-corrected chi connectivity index (χ2v) is 8.58. The average Bonchev–Trinajstić information content (AvgIpc) is 3.53. The van der Waals surface area contributed by atoms with Crippen molar-refractivity contribution in [1.82, 2.24) is 10.2 Å². The maximum Gasteiger partial charge on any atom is 0.229 e. The number of hydrogen-bond acceptors (Lipinski definition) is 5. The number of amides is 1. The summed E-state index contributed by atoms with van der Waals surface area (Å²) < 4.78 is 11.7. The van der Waals surface area contributed by atoms with E-state index in [1.807, 2.05) is 30.3 Å². The third-order valence-electron chi connectivity index (χ3n) is 5.57. The molecule has 1 saturated carbocycles. The fraction of sp³-hybridized carbons (Fsp3) is 0.208. The predicted octanol–water partition coefficient (Wildman–Crippen LogP) is 5.52. The number of fused-ring (bicyclic) bond motifs is 1. The van der Waals surface area contributed by atoms with Gasteiger partial charge in [-0.3, -0.25) is 19.6 Å². The standard InChI is InChI=1S/C24H20BrN3O4/c1-13(29)28(22-11-17(26-27-22)14-3-4-14)18-9-10-20-23(24(18)25)19(30)12-21(32-20)15-5-7-16(31-2)8-6-15/h5-12,14H,3-4H2,1-2H3,(H,26,27). The molecule has 1 aliphatic carbocycles. The minimum atomic E-state index is -0.213. The Hall–Kier alpha value is -3.39. The summed E-state index contributed by atoms with van der Waals surface area (Å²) in [6, 6.07) is 14.1. The lowest BCUT2D eigenvalue weighted by Gasteiger charge is -2.20. The van der Waals surface area contributed by atoms with E-state index in [9.17, 15) is 9.59 Å². The molecule has 5 rings (SSSR count). The van der Waals surface area contributed by atoms with Crippen LogP contribution in [-0.2, 0) is 4.79 Å². The highest BCUT2D eigenvalue weighted by Crippen LogP contribution is 2.42. The van der Waals surface area contributed by atoms with Crippen molar-refractivity contribution >= 4 is 44.3 Å². The Morgan fingerprint density at radius 1 is 1.19 bits per heavy atom. The Labute approximate surface area is 192 Å². The maximum absolute atomic E-state index is 13.1. The largest absolute Gasteiger partial charge is 0.497 e. The molecule has 1 fully saturated rings. The van der Waals surface area contributed by atoms with Gasteiger partial charge in [-0.25, -0.2) is 0 Å². The van der Waals surface area contributed by atoms with Gasteiger partial charge in [0.25, 0.3) is 0 Å². The van der Waals surface area contributed by atoms with Crippen LogP contribution in [0.5, 0.6) is 5.75 Å². The van der Waals surface area contributed by atoms with Gasteiger partial charge in [-0.15, -0.1) is 0 Å². The van der Waals surface area contributed by atoms with Gasteiger partial charge in [-0.2, -0.15) is 5.10 Å². The second kappa shape index (κ2) is 7.94. The van der Waals surface area contributed by atoms with Crippen molar-refractivity contribution in [2.24, 2.45) is 0 Å². The molecule has 0 unspecified atom stereocenters. The first-order valence-electron chi connectivity index (χ1n) is 10.2. The number of nitrogens with one attached hydrogen (secondary N) is 1. The molecule has 0 atom stereocenters. The molecular weight excluding hydrogens is 474 g/mol. The first kappa shape index (κ1) is 20.5. The normalized spacial score (nSPS) is 13.3. The van der Waals surface area contributed by atoms with Crippen molar-refractivity contribution in [3.63, 3.8) is 0 Å². The topological polar surface area (TPSA) is 88.4 Å². The molecule has 2 heterocycles. The van der Waals surface area contributed by atoms with Crippen molar-refractivity contribution in [3.8, 4) is 17.1 Å². The van der Waals surface area contributed by atoms with Crippen LogP contribution < -0.4 is 15.1 Å². The number of halogens is 1. The molecule has 0 spiro atoms. The zero-order valence-electron chi connectivity index (χ0n) is 17.5. The summed E-state index contributed by atoms with van der Waals surface area (Å²) in [5.74, 6) is 1.94. The highest BCUT2D eigenvalue weighted by Gasteiger charge is 2.28. The van der Waals surface area contributed by atoms with E-state index in [1.54, 1.807) is 19.2 Å². The SMILES string of the molecule is COc1ccc(-c2cc(=O)c3c(Br)c(N(C(C)=O)c4cc(C5CC5)[nH]n4)ccc3o2)cc1. The van der Waals surface area contributed by atoms with Crippen LogP contribution in [0.25, 0.3) is 22.3 Å². The third kappa shape index (κ3) is 3.60. The summed E-state index contributed by atoms with van der Waals surface area (Å²) in [5.41, 5.74) is 2.52. The number of aromatic nitrogens is 2. The molecule has 0 aliphatic heterocycles. The lowest BCUT2D eigenvalue weighted by molar-refractivity contribution is -0.115. The van der Waals surface area contributed by atoms with Crippen LogP contribution in [0.1, 0.15) is 31.4 Å². The van der Waals surface area contributed by atoms with Gasteiger partial charge < -0.3 is 9.15 Å². The summed E-state index contributed by atoms with van der Waals surface area (Å²) in [6.07, 6.45) is 2.25. The van der Waals surface area contributed by atoms with Gasteiger partial charge >= 0.3 is 0 Å². The number of carbonyl (C=O) groups excluding carboxylic acids is 1. The first-order valence-corrected chi connectivity index (χ1v) is 11.0. The predicted molar refractivity (Wildman–Crippen MR) is 126 cm³/mol. The van der Waals surface area contributed by atoms with E-state index >= 15 is 0 Å². The number of benzene rings is 2. The van der Waals surface area contributed by atoms with E-state index < -0.39 is 0 Å². The average molecular weight is 494 g/mol. The van der Waals surface area contributed by atoms with Gasteiger partial charge in [-0.1, -0.05) is 0 Å². The molecule has 162 valence electrons. The van der Waals surface area contributed by atoms with Gasteiger partial charge in [0.15, 0.2) is 11.2 Å². The van der Waals surface area contributed by atoms with E-state index in [1.165, 1.54) is 17.9 Å². The molecule has 1 N–H and O–H groups in total. The minimum Gasteiger partial charge on any atom is -0.497 e. The van der Waals surface area contributed by atoms with Crippen molar-refractivity contribution in [3.05, 3.63) is 68.9 Å². The van der Waals surface area contributed by atoms with Crippen LogP contribution in [-0.4, -0.2) is 23.2 Å². The molecular formula is C24H20BrN3O4. The van der Waals surface area contributed by atoms with E-state index in [2.05, 4.69) is 26.1 Å². The third-order valence-corrected chi connectivity index (χ3v) is 6.38. The Morgan fingerprint density at radius 2 is 1.94 bits per heavy atom. The summed E-state index contributed by atoms with van der Waals surface area (Å²) in [5, 5.41) is 7.73. The number of rotatable bonds is 5. The van der Waals surface area contributed by atoms with Gasteiger partial charge in [0.2, 0.25) is 5.91 Å². The quantitative estimate of drug-likeness (QED) is 0.395. The van der Waals surface area contributed by atoms with Gasteiger partial charge in [0.1, 0.15) is 17.1 Å². The van der Waals surface area contributed by atoms with Crippen LogP contribution >= 0.6 is 15.9 Å². The molecule has 4 aromatic rings. The zero-order valence-corrected chi connectivity index (χ0v) is 19.1. The Balaban J connectivity index is 1.59. The van der Waals surface area contributed by atoms with Crippen molar-refractivity contribution in [1.29, 1.82) is 0 Å². The van der Waals surface area contributed by atoms with Crippen molar-refractivity contribution in [2.45, 2.75) is 25.7 Å². The molecule has 1 amide bonds. The van der Waals surface area contributed by atoms with E-state index in [0.29, 0.717) is 38.6 Å². The first-order chi connectivity index (χ1) is 15.5. The minimum absolute atomic E-state index is 0.210. The molecule has 7 nitrogen and oxygen atoms in total. The van der Waals surface area contributed by atoms with Crippen molar-refractivity contribution < 1.29 is 13.9 Å². The number of hydrogen-bond donors (Lipinski definition) is 1. The molecule has 0 bridgehead atoms. The monoisotopic (exact) mass is 493 g/mol. The number of H-pyrrole nitrogens is 1. The van der Waals surface area contributed by atoms with E-state index in [-0.39, 0.29) is 11.3 Å². The summed E-state index contributed by atoms with van der Waals surface area (Å²) in [4.78, 5) is 27.1. The zero-order chi connectivity index (χ0) is 22.4. The Bertz CT molecular complexity index is 1390. The molecule has 2 aromatic heterocycles. The summed E-state index contributed by atoms with van der Waals surface area (Å²) in [6.45, 7) is 1.47. The fourth-order valence-electron chi connectivity index (χ4n) is 3.77. The van der Waals surface area contributed by atoms with E-state index in [4.69, 9.17) is 9.15 Å². The molecule has 0 radical (unpaired) electrons. The maximum atomic E-state index is 13.1. The number of methoxy groups -OCH3 is 1. The van der Waals surface area contributed by atoms with Crippen LogP contribution in [0.4, 0.5) is 11.5 Å². The van der Waals surface area contributed by atoms with Crippen molar-refractivity contribution in [2.75, 3.05) is 12.0 Å². The second-order valence-electron chi connectivity index (χ2n) is 7.79. The lowest BCUT2D eigenvalue weighted by atomic mass is 10.1. The molecule has 32 heavy (non-hydrogen) atoms. The number of carbonyl (C=O) groups is 1. The van der Waals surface area contributed by atoms with Crippen LogP contribution in [0.3, 0.4) is 0 Å². The smallest absolute Gasteiger partial charge is 0.229 e.